The molecule has 5 rings (SSSR count). The predicted octanol–water partition coefficient (Wildman–Crippen LogP) is -0.294. The molecule has 14 nitrogen and oxygen atoms in total. The Balaban J connectivity index is 1.23. The molecule has 0 aliphatic carbocycles. The number of hydrogen-bond donors (Lipinski definition) is 4. The highest BCUT2D eigenvalue weighted by molar-refractivity contribution is 7.93. The molecule has 5 atom stereocenters. The standard InChI is InChI=1S/C27H32N6O8S/c1-39-27-26(36)25(35)24(34)23(41-27)16-33-15-20(30-31-33)14-29-42(37,38)22(13-28)11-17-2-3-19-12-21(5-4-18(19)10-17)32-6-8-40-9-7-32/h2-5,10-12,15,23-27,29,34-36H,6-9,14,16H2,1H3. The molecular weight excluding hydrogens is 568 g/mol. The average Bonchev–Trinajstić information content (AvgIpc) is 3.46. The van der Waals surface area contributed by atoms with Crippen molar-refractivity contribution in [3.8, 4) is 6.07 Å². The molecule has 2 aliphatic heterocycles. The summed E-state index contributed by atoms with van der Waals surface area (Å²) in [5.74, 6) is 0. The predicted molar refractivity (Wildman–Crippen MR) is 150 cm³/mol. The number of anilines is 1. The SMILES string of the molecule is COC1OC(Cn2cc(CNS(=O)(=O)C(C#N)=Cc3ccc4cc(N5CCOCC5)ccc4c3)nn2)C(O)C(O)C1O. The third-order valence-corrected chi connectivity index (χ3v) is 8.53. The van der Waals surface area contributed by atoms with E-state index in [9.17, 15) is 29.0 Å². The molecule has 0 radical (unpaired) electrons. The Morgan fingerprint density at radius 1 is 1.14 bits per heavy atom. The van der Waals surface area contributed by atoms with E-state index in [1.165, 1.54) is 24.1 Å². The van der Waals surface area contributed by atoms with Gasteiger partial charge in [-0.25, -0.2) is 17.8 Å². The number of fused-ring (bicyclic) bond motifs is 1. The second-order valence-electron chi connectivity index (χ2n) is 10.0. The van der Waals surface area contributed by atoms with Crippen molar-refractivity contribution in [2.45, 2.75) is 43.8 Å². The topological polar surface area (TPSA) is 192 Å². The van der Waals surface area contributed by atoms with Gasteiger partial charge in [-0.1, -0.05) is 23.4 Å². The quantitative estimate of drug-likeness (QED) is 0.235. The molecule has 1 aromatic heterocycles. The smallest absolute Gasteiger partial charge is 0.251 e. The summed E-state index contributed by atoms with van der Waals surface area (Å²) in [5.41, 5.74) is 1.89. The second-order valence-corrected chi connectivity index (χ2v) is 11.8. The molecule has 224 valence electrons. The first kappa shape index (κ1) is 30.0. The number of nitriles is 1. The van der Waals surface area contributed by atoms with Crippen LogP contribution in [0.4, 0.5) is 5.69 Å². The van der Waals surface area contributed by atoms with Crippen LogP contribution in [-0.2, 0) is 37.3 Å². The van der Waals surface area contributed by atoms with E-state index in [2.05, 4.69) is 26.0 Å². The number of methoxy groups -OCH3 is 1. The fourth-order valence-corrected chi connectivity index (χ4v) is 5.79. The van der Waals surface area contributed by atoms with Gasteiger partial charge in [0.1, 0.15) is 30.5 Å². The van der Waals surface area contributed by atoms with Crippen LogP contribution in [0.15, 0.2) is 47.5 Å². The minimum Gasteiger partial charge on any atom is -0.388 e. The van der Waals surface area contributed by atoms with Gasteiger partial charge in [0, 0.05) is 32.1 Å². The van der Waals surface area contributed by atoms with Crippen LogP contribution in [0.3, 0.4) is 0 Å². The van der Waals surface area contributed by atoms with E-state index in [1.54, 1.807) is 12.1 Å². The normalized spacial score (nSPS) is 25.5. The zero-order chi connectivity index (χ0) is 29.9. The maximum atomic E-state index is 12.9. The van der Waals surface area contributed by atoms with Gasteiger partial charge in [0.05, 0.1) is 32.0 Å². The van der Waals surface area contributed by atoms with E-state index in [-0.39, 0.29) is 18.8 Å². The van der Waals surface area contributed by atoms with Crippen molar-refractivity contribution in [1.82, 2.24) is 19.7 Å². The maximum absolute atomic E-state index is 12.9. The molecule has 0 saturated carbocycles. The third-order valence-electron chi connectivity index (χ3n) is 7.22. The largest absolute Gasteiger partial charge is 0.388 e. The van der Waals surface area contributed by atoms with Crippen LogP contribution in [0.2, 0.25) is 0 Å². The van der Waals surface area contributed by atoms with Gasteiger partial charge >= 0.3 is 0 Å². The third kappa shape index (κ3) is 6.61. The number of benzene rings is 2. The molecule has 4 N–H and O–H groups in total. The maximum Gasteiger partial charge on any atom is 0.251 e. The fourth-order valence-electron chi connectivity index (χ4n) is 4.88. The van der Waals surface area contributed by atoms with Crippen molar-refractivity contribution in [3.63, 3.8) is 0 Å². The number of sulfonamides is 1. The zero-order valence-electron chi connectivity index (χ0n) is 22.8. The van der Waals surface area contributed by atoms with Crippen molar-refractivity contribution < 1.29 is 37.9 Å². The molecule has 0 amide bonds. The molecule has 15 heteroatoms. The van der Waals surface area contributed by atoms with Crippen LogP contribution >= 0.6 is 0 Å². The first-order chi connectivity index (χ1) is 20.2. The Kier molecular flexibility index (Phi) is 9.16. The lowest BCUT2D eigenvalue weighted by Crippen LogP contribution is -2.58. The number of hydrogen-bond acceptors (Lipinski definition) is 12. The molecule has 2 aromatic carbocycles. The number of nitrogens with zero attached hydrogens (tertiary/aromatic N) is 5. The van der Waals surface area contributed by atoms with Gasteiger partial charge < -0.3 is 34.4 Å². The van der Waals surface area contributed by atoms with Gasteiger partial charge in [-0.2, -0.15) is 5.26 Å². The van der Waals surface area contributed by atoms with Gasteiger partial charge in [-0.05, 0) is 40.6 Å². The molecule has 0 spiro atoms. The van der Waals surface area contributed by atoms with E-state index in [0.717, 1.165) is 29.5 Å². The lowest BCUT2D eigenvalue weighted by atomic mass is 9.99. The fraction of sp³-hybridized carbons (Fsp3) is 0.444. The minimum atomic E-state index is -4.18. The average molecular weight is 601 g/mol. The summed E-state index contributed by atoms with van der Waals surface area (Å²) < 4.78 is 45.4. The van der Waals surface area contributed by atoms with Gasteiger partial charge in [-0.3, -0.25) is 0 Å². The van der Waals surface area contributed by atoms with Crippen molar-refractivity contribution in [1.29, 1.82) is 5.26 Å². The van der Waals surface area contributed by atoms with Crippen molar-refractivity contribution in [2.75, 3.05) is 38.3 Å². The number of nitrogens with one attached hydrogen (secondary N) is 1. The molecule has 42 heavy (non-hydrogen) atoms. The Morgan fingerprint density at radius 3 is 2.62 bits per heavy atom. The van der Waals surface area contributed by atoms with E-state index in [4.69, 9.17) is 14.2 Å². The van der Waals surface area contributed by atoms with Gasteiger partial charge in [0.15, 0.2) is 11.2 Å². The summed E-state index contributed by atoms with van der Waals surface area (Å²) in [6, 6.07) is 13.3. The van der Waals surface area contributed by atoms with Crippen LogP contribution in [0.25, 0.3) is 16.8 Å². The zero-order valence-corrected chi connectivity index (χ0v) is 23.6. The van der Waals surface area contributed by atoms with Crippen molar-refractivity contribution in [3.05, 3.63) is 58.8 Å². The molecule has 2 aliphatic rings. The van der Waals surface area contributed by atoms with Crippen molar-refractivity contribution >= 4 is 32.6 Å². The summed E-state index contributed by atoms with van der Waals surface area (Å²) in [7, 11) is -2.89. The number of aliphatic hydroxyl groups excluding tert-OH is 3. The molecule has 3 aromatic rings. The monoisotopic (exact) mass is 600 g/mol. The summed E-state index contributed by atoms with van der Waals surface area (Å²) >= 11 is 0. The van der Waals surface area contributed by atoms with Gasteiger partial charge in [0.2, 0.25) is 0 Å². The highest BCUT2D eigenvalue weighted by Gasteiger charge is 2.44. The molecule has 0 bridgehead atoms. The highest BCUT2D eigenvalue weighted by Crippen LogP contribution is 2.26. The lowest BCUT2D eigenvalue weighted by molar-refractivity contribution is -0.292. The molecule has 5 unspecified atom stereocenters. The highest BCUT2D eigenvalue weighted by atomic mass is 32.2. The molecule has 3 heterocycles. The summed E-state index contributed by atoms with van der Waals surface area (Å²) in [4.78, 5) is 1.79. The lowest BCUT2D eigenvalue weighted by Gasteiger charge is -2.39. The molecule has 2 fully saturated rings. The number of ether oxygens (including phenoxy) is 3. The number of aromatic nitrogens is 3. The Labute approximate surface area is 242 Å². The van der Waals surface area contributed by atoms with Crippen molar-refractivity contribution in [2.24, 2.45) is 0 Å². The summed E-state index contributed by atoms with van der Waals surface area (Å²) in [6.45, 7) is 2.71. The van der Waals surface area contributed by atoms with E-state index in [0.29, 0.717) is 18.8 Å². The number of aliphatic hydroxyl groups is 3. The number of rotatable bonds is 9. The first-order valence-corrected chi connectivity index (χ1v) is 14.8. The molecule has 2 saturated heterocycles. The Morgan fingerprint density at radius 2 is 1.88 bits per heavy atom. The van der Waals surface area contributed by atoms with Crippen LogP contribution in [0, 0.1) is 11.3 Å². The first-order valence-electron chi connectivity index (χ1n) is 13.3. The van der Waals surface area contributed by atoms with E-state index >= 15 is 0 Å². The van der Waals surface area contributed by atoms with E-state index in [1.807, 2.05) is 24.3 Å². The number of morpholine rings is 1. The van der Waals surface area contributed by atoms with Crippen LogP contribution in [0.1, 0.15) is 11.3 Å². The van der Waals surface area contributed by atoms with Crippen LogP contribution in [-0.4, -0.2) is 103 Å². The van der Waals surface area contributed by atoms with Gasteiger partial charge in [-0.15, -0.1) is 5.10 Å². The Bertz CT molecular complexity index is 1580. The van der Waals surface area contributed by atoms with Crippen LogP contribution in [0.5, 0.6) is 0 Å². The second kappa shape index (κ2) is 12.8. The van der Waals surface area contributed by atoms with Gasteiger partial charge in [0.25, 0.3) is 10.0 Å². The van der Waals surface area contributed by atoms with Crippen LogP contribution < -0.4 is 9.62 Å². The Hall–Kier alpha value is -3.46. The molecular formula is C27H32N6O8S. The van der Waals surface area contributed by atoms with E-state index < -0.39 is 45.6 Å². The minimum absolute atomic E-state index is 0.0518. The summed E-state index contributed by atoms with van der Waals surface area (Å²) in [6.07, 6.45) is -3.70. The number of allylic oxidation sites excluding steroid dienone is 1. The summed E-state index contributed by atoms with van der Waals surface area (Å²) in [5, 5.41) is 49.6.